The van der Waals surface area contributed by atoms with Gasteiger partial charge in [0, 0.05) is 48.9 Å². The van der Waals surface area contributed by atoms with Gasteiger partial charge in [-0.2, -0.15) is 5.10 Å². The Bertz CT molecular complexity index is 1260. The maximum atomic E-state index is 13.2. The SMILES string of the molecule is CC/C=C(\C=N/C(C)C)c1cnc2[nH]nc(C3=NC4C(C(=O)N5CCOCC5)=CC=NC4N3)c2c1. The van der Waals surface area contributed by atoms with Gasteiger partial charge in [0.15, 0.2) is 11.5 Å². The summed E-state index contributed by atoms with van der Waals surface area (Å²) < 4.78 is 5.39. The van der Waals surface area contributed by atoms with Crippen molar-refractivity contribution in [2.24, 2.45) is 15.0 Å². The highest BCUT2D eigenvalue weighted by Crippen LogP contribution is 2.27. The van der Waals surface area contributed by atoms with Crippen molar-refractivity contribution in [3.63, 3.8) is 0 Å². The molecule has 2 N–H and O–H groups in total. The molecule has 1 fully saturated rings. The van der Waals surface area contributed by atoms with Crippen LogP contribution in [0.15, 0.2) is 45.0 Å². The molecule has 0 radical (unpaired) electrons. The molecule has 5 rings (SSSR count). The number of nitrogens with zero attached hydrogens (tertiary/aromatic N) is 6. The van der Waals surface area contributed by atoms with Crippen molar-refractivity contribution >= 4 is 40.8 Å². The van der Waals surface area contributed by atoms with Crippen molar-refractivity contribution in [3.8, 4) is 0 Å². The molecule has 2 aromatic rings. The first-order chi connectivity index (χ1) is 17.0. The molecule has 10 nitrogen and oxygen atoms in total. The molecule has 1 amide bonds. The van der Waals surface area contributed by atoms with Crippen LogP contribution < -0.4 is 5.32 Å². The zero-order valence-corrected chi connectivity index (χ0v) is 20.2. The Hall–Kier alpha value is -3.66. The van der Waals surface area contributed by atoms with Crippen molar-refractivity contribution in [3.05, 3.63) is 41.2 Å². The Morgan fingerprint density at radius 3 is 2.94 bits per heavy atom. The third-order valence-electron chi connectivity index (χ3n) is 6.13. The van der Waals surface area contributed by atoms with Gasteiger partial charge in [0.05, 0.1) is 18.6 Å². The monoisotopic (exact) mass is 474 g/mol. The van der Waals surface area contributed by atoms with Gasteiger partial charge in [-0.3, -0.25) is 24.9 Å². The molecule has 2 aromatic heterocycles. The lowest BCUT2D eigenvalue weighted by molar-refractivity contribution is -0.131. The average molecular weight is 475 g/mol. The van der Waals surface area contributed by atoms with Gasteiger partial charge in [0.1, 0.15) is 17.9 Å². The number of ether oxygens (including phenoxy) is 1. The highest BCUT2D eigenvalue weighted by Gasteiger charge is 2.38. The van der Waals surface area contributed by atoms with Crippen LogP contribution in [0.25, 0.3) is 16.6 Å². The number of carbonyl (C=O) groups is 1. The van der Waals surface area contributed by atoms with E-state index in [1.165, 1.54) is 0 Å². The summed E-state index contributed by atoms with van der Waals surface area (Å²) >= 11 is 0. The van der Waals surface area contributed by atoms with Crippen LogP contribution in [0.2, 0.25) is 0 Å². The Labute approximate surface area is 204 Å². The van der Waals surface area contributed by atoms with Crippen molar-refractivity contribution < 1.29 is 9.53 Å². The summed E-state index contributed by atoms with van der Waals surface area (Å²) in [5, 5.41) is 11.7. The normalized spacial score (nSPS) is 22.5. The molecule has 3 aliphatic heterocycles. The van der Waals surface area contributed by atoms with Gasteiger partial charge < -0.3 is 15.0 Å². The number of carbonyl (C=O) groups excluding carboxylic acids is 1. The third kappa shape index (κ3) is 4.66. The lowest BCUT2D eigenvalue weighted by Crippen LogP contribution is -2.45. The van der Waals surface area contributed by atoms with E-state index in [9.17, 15) is 4.79 Å². The number of amides is 1. The number of aromatic nitrogens is 3. The number of morpholine rings is 1. The Morgan fingerprint density at radius 1 is 1.34 bits per heavy atom. The van der Waals surface area contributed by atoms with E-state index in [0.717, 1.165) is 22.9 Å². The second kappa shape index (κ2) is 9.91. The lowest BCUT2D eigenvalue weighted by atomic mass is 10.0. The average Bonchev–Trinajstić information content (AvgIpc) is 3.50. The highest BCUT2D eigenvalue weighted by atomic mass is 16.5. The number of dihydropyridines is 1. The van der Waals surface area contributed by atoms with Crippen LogP contribution in [-0.4, -0.2) is 88.8 Å². The molecule has 0 saturated carbocycles. The predicted molar refractivity (Wildman–Crippen MR) is 137 cm³/mol. The fourth-order valence-corrected chi connectivity index (χ4v) is 4.35. The van der Waals surface area contributed by atoms with Crippen LogP contribution in [0.1, 0.15) is 38.4 Å². The molecule has 35 heavy (non-hydrogen) atoms. The molecule has 5 heterocycles. The van der Waals surface area contributed by atoms with Crippen molar-refractivity contribution in [2.75, 3.05) is 26.3 Å². The van der Waals surface area contributed by atoms with Gasteiger partial charge in [0.25, 0.3) is 5.91 Å². The fourth-order valence-electron chi connectivity index (χ4n) is 4.35. The van der Waals surface area contributed by atoms with Gasteiger partial charge in [-0.05, 0) is 38.0 Å². The quantitative estimate of drug-likeness (QED) is 0.622. The van der Waals surface area contributed by atoms with E-state index < -0.39 is 6.04 Å². The van der Waals surface area contributed by atoms with E-state index >= 15 is 0 Å². The topological polar surface area (TPSA) is 120 Å². The molecule has 182 valence electrons. The first-order valence-corrected chi connectivity index (χ1v) is 12.1. The largest absolute Gasteiger partial charge is 0.378 e. The van der Waals surface area contributed by atoms with E-state index in [0.29, 0.717) is 49.1 Å². The molecular formula is C25H30N8O2. The number of allylic oxidation sites excluding steroid dienone is 3. The molecule has 1 saturated heterocycles. The minimum atomic E-state index is -0.401. The standard InChI is InChI=1S/C25H30N8O2/c1-4-5-16(13-27-15(2)3)17-12-19-21(31-32-22(19)28-14-17)24-29-20-18(6-7-26-23(20)30-24)25(34)33-8-10-35-11-9-33/h5-7,12-15,20,23H,4,8-11H2,1-3H3,(H,29,30)(H,28,31,32)/b16-5+,27-13-. The zero-order valence-electron chi connectivity index (χ0n) is 20.2. The first-order valence-electron chi connectivity index (χ1n) is 12.1. The van der Waals surface area contributed by atoms with E-state index in [-0.39, 0.29) is 18.1 Å². The summed E-state index contributed by atoms with van der Waals surface area (Å²) in [6.45, 7) is 8.48. The number of aromatic amines is 1. The minimum Gasteiger partial charge on any atom is -0.378 e. The Morgan fingerprint density at radius 2 is 2.17 bits per heavy atom. The molecule has 0 aromatic carbocycles. The Balaban J connectivity index is 1.46. The van der Waals surface area contributed by atoms with E-state index in [1.807, 2.05) is 31.2 Å². The molecular weight excluding hydrogens is 444 g/mol. The second-order valence-corrected chi connectivity index (χ2v) is 8.97. The molecule has 0 bridgehead atoms. The van der Waals surface area contributed by atoms with Crippen molar-refractivity contribution in [1.29, 1.82) is 0 Å². The number of nitrogens with one attached hydrogen (secondary N) is 2. The minimum absolute atomic E-state index is 0.0177. The number of rotatable bonds is 6. The van der Waals surface area contributed by atoms with Gasteiger partial charge in [-0.15, -0.1) is 0 Å². The van der Waals surface area contributed by atoms with Crippen LogP contribution in [0.5, 0.6) is 0 Å². The summed E-state index contributed by atoms with van der Waals surface area (Å²) in [5.41, 5.74) is 3.94. The summed E-state index contributed by atoms with van der Waals surface area (Å²) in [6.07, 6.45) is 9.86. The number of fused-ring (bicyclic) bond motifs is 2. The molecule has 0 spiro atoms. The number of hydrogen-bond donors (Lipinski definition) is 2. The summed E-state index contributed by atoms with van der Waals surface area (Å²) in [5.74, 6) is 0.581. The highest BCUT2D eigenvalue weighted by molar-refractivity contribution is 6.13. The lowest BCUT2D eigenvalue weighted by Gasteiger charge is -2.30. The summed E-state index contributed by atoms with van der Waals surface area (Å²) in [7, 11) is 0. The van der Waals surface area contributed by atoms with Crippen molar-refractivity contribution in [2.45, 2.75) is 45.4 Å². The molecule has 3 aliphatic rings. The maximum absolute atomic E-state index is 13.2. The summed E-state index contributed by atoms with van der Waals surface area (Å²) in [4.78, 5) is 33.5. The van der Waals surface area contributed by atoms with Crippen LogP contribution in [0.3, 0.4) is 0 Å². The van der Waals surface area contributed by atoms with Gasteiger partial charge in [0.2, 0.25) is 0 Å². The zero-order chi connectivity index (χ0) is 24.4. The Kier molecular flexibility index (Phi) is 6.54. The smallest absolute Gasteiger partial charge is 0.252 e. The molecule has 10 heteroatoms. The van der Waals surface area contributed by atoms with E-state index in [4.69, 9.17) is 9.73 Å². The van der Waals surface area contributed by atoms with Crippen LogP contribution in [0, 0.1) is 0 Å². The van der Waals surface area contributed by atoms with Crippen LogP contribution in [0.4, 0.5) is 0 Å². The van der Waals surface area contributed by atoms with E-state index in [1.54, 1.807) is 12.3 Å². The second-order valence-electron chi connectivity index (χ2n) is 8.97. The number of H-pyrrole nitrogens is 1. The summed E-state index contributed by atoms with van der Waals surface area (Å²) in [6, 6.07) is 1.86. The van der Waals surface area contributed by atoms with Crippen LogP contribution >= 0.6 is 0 Å². The first kappa shape index (κ1) is 23.1. The number of pyridine rings is 1. The number of amidine groups is 1. The fraction of sp³-hybridized carbons (Fsp3) is 0.440. The van der Waals surface area contributed by atoms with Gasteiger partial charge in [-0.25, -0.2) is 4.98 Å². The molecule has 2 atom stereocenters. The van der Waals surface area contributed by atoms with Crippen molar-refractivity contribution in [1.82, 2.24) is 25.4 Å². The molecule has 2 unspecified atom stereocenters. The van der Waals surface area contributed by atoms with Gasteiger partial charge in [-0.1, -0.05) is 13.0 Å². The predicted octanol–water partition coefficient (Wildman–Crippen LogP) is 2.14. The van der Waals surface area contributed by atoms with Gasteiger partial charge >= 0.3 is 0 Å². The molecule has 0 aliphatic carbocycles. The van der Waals surface area contributed by atoms with Crippen LogP contribution in [-0.2, 0) is 9.53 Å². The number of aliphatic imine (C=N–C) groups is 3. The third-order valence-corrected chi connectivity index (χ3v) is 6.13. The number of hydrogen-bond acceptors (Lipinski definition) is 8. The van der Waals surface area contributed by atoms with E-state index in [2.05, 4.69) is 49.5 Å². The maximum Gasteiger partial charge on any atom is 0.252 e.